The van der Waals surface area contributed by atoms with Crippen molar-refractivity contribution in [2.75, 3.05) is 0 Å². The molecule has 6 heteroatoms. The summed E-state index contributed by atoms with van der Waals surface area (Å²) in [4.78, 5) is 9.15. The maximum Gasteiger partial charge on any atom is 0.139 e. The fraction of sp³-hybridized carbons (Fsp3) is 0.226. The molecule has 3 aromatic heterocycles. The average Bonchev–Trinajstić information content (AvgIpc) is 3.60. The van der Waals surface area contributed by atoms with E-state index >= 15 is 0 Å². The molecule has 0 aliphatic heterocycles. The molecule has 8 aromatic rings. The van der Waals surface area contributed by atoms with Gasteiger partial charge in [-0.2, -0.15) is 5.26 Å². The second-order valence-corrected chi connectivity index (χ2v) is 17.8. The smallest absolute Gasteiger partial charge is 0.139 e. The second kappa shape index (κ2) is 16.9. The van der Waals surface area contributed by atoms with Crippen molar-refractivity contribution < 1.29 is 28.9 Å². The summed E-state index contributed by atoms with van der Waals surface area (Å²) < 4.78 is 19.4. The van der Waals surface area contributed by atoms with Crippen molar-refractivity contribution in [2.45, 2.75) is 78.6 Å². The molecule has 0 bridgehead atoms. The largest absolute Gasteiger partial charge is 0.499 e. The SMILES string of the molecule is CC(C)(C)c1ccc(-c2[c-]cc(F)cc2)nc1.CC(C)(C)c1ccc(-c2ccnc(-c3[c-]cc(C(C)(C)C)c4c3oc3c(C#N)c(-c5ccccc5)ccc34)c2)cc1.[Ir]. The third-order valence-corrected chi connectivity index (χ3v) is 10.5. The zero-order valence-corrected chi connectivity index (χ0v) is 37.5. The van der Waals surface area contributed by atoms with E-state index in [4.69, 9.17) is 9.40 Å². The summed E-state index contributed by atoms with van der Waals surface area (Å²) in [7, 11) is 0. The topological polar surface area (TPSA) is 62.7 Å². The molecule has 59 heavy (non-hydrogen) atoms. The molecular weight excluding hydrogens is 906 g/mol. The molecule has 0 spiro atoms. The van der Waals surface area contributed by atoms with Gasteiger partial charge in [-0.15, -0.1) is 47.5 Å². The van der Waals surface area contributed by atoms with Crippen molar-refractivity contribution >= 4 is 21.9 Å². The number of furan rings is 1. The Labute approximate surface area is 361 Å². The van der Waals surface area contributed by atoms with Gasteiger partial charge in [-0.05, 0) is 61.5 Å². The van der Waals surface area contributed by atoms with Gasteiger partial charge in [0.1, 0.15) is 17.2 Å². The number of nitrogens with zero attached hydrogens (tertiary/aromatic N) is 3. The first-order chi connectivity index (χ1) is 27.5. The van der Waals surface area contributed by atoms with Crippen LogP contribution in [-0.4, -0.2) is 9.97 Å². The molecule has 0 atom stereocenters. The molecule has 4 nitrogen and oxygen atoms in total. The van der Waals surface area contributed by atoms with Crippen molar-refractivity contribution in [1.82, 2.24) is 9.97 Å². The van der Waals surface area contributed by atoms with Gasteiger partial charge in [0.05, 0.1) is 5.58 Å². The number of benzene rings is 5. The summed E-state index contributed by atoms with van der Waals surface area (Å²) in [6.45, 7) is 19.7. The minimum Gasteiger partial charge on any atom is -0.499 e. The van der Waals surface area contributed by atoms with E-state index in [1.807, 2.05) is 60.9 Å². The van der Waals surface area contributed by atoms with Crippen molar-refractivity contribution in [3.63, 3.8) is 0 Å². The standard InChI is InChI=1S/C38H33N2O.C15H15FN.Ir/c1-37(2,3)27-14-12-24(13-15-27)26-20-21-40-33(22-26)29-18-19-32(38(4,5)6)34-30-17-16-28(25-10-8-7-9-11-25)31(23-39)35(30)41-36(29)34;1-15(2,3)12-6-9-14(17-10-12)11-4-7-13(16)8-5-11;/h7-17,19-22H,1-6H3;4,6-10H,1-3H3;/q2*-1;. The molecule has 1 radical (unpaired) electrons. The summed E-state index contributed by atoms with van der Waals surface area (Å²) in [5, 5.41) is 12.3. The molecule has 0 saturated carbocycles. The number of hydrogen-bond donors (Lipinski definition) is 0. The van der Waals surface area contributed by atoms with E-state index in [1.54, 1.807) is 6.07 Å². The summed E-state index contributed by atoms with van der Waals surface area (Å²) >= 11 is 0. The Hall–Kier alpha value is -5.73. The van der Waals surface area contributed by atoms with E-state index in [1.165, 1.54) is 23.3 Å². The van der Waals surface area contributed by atoms with E-state index in [0.29, 0.717) is 16.7 Å². The summed E-state index contributed by atoms with van der Waals surface area (Å²) in [6, 6.07) is 46.3. The maximum absolute atomic E-state index is 12.8. The minimum atomic E-state index is -0.278. The number of rotatable bonds is 4. The predicted octanol–water partition coefficient (Wildman–Crippen LogP) is 14.2. The quantitative estimate of drug-likeness (QED) is 0.165. The number of pyridine rings is 2. The van der Waals surface area contributed by atoms with Gasteiger partial charge in [-0.3, -0.25) is 4.39 Å². The maximum atomic E-state index is 12.8. The summed E-state index contributed by atoms with van der Waals surface area (Å²) in [5.41, 5.74) is 12.8. The number of nitriles is 1. The zero-order chi connectivity index (χ0) is 41.4. The van der Waals surface area contributed by atoms with Crippen LogP contribution in [0.5, 0.6) is 0 Å². The van der Waals surface area contributed by atoms with Gasteiger partial charge in [0.2, 0.25) is 0 Å². The molecule has 5 aromatic carbocycles. The third-order valence-electron chi connectivity index (χ3n) is 10.5. The minimum absolute atomic E-state index is 0. The summed E-state index contributed by atoms with van der Waals surface area (Å²) in [5.74, 6) is -0.278. The Morgan fingerprint density at radius 1 is 0.627 bits per heavy atom. The molecule has 0 N–H and O–H groups in total. The van der Waals surface area contributed by atoms with Crippen molar-refractivity contribution in [3.05, 3.63) is 168 Å². The van der Waals surface area contributed by atoms with Gasteiger partial charge in [0.25, 0.3) is 0 Å². The van der Waals surface area contributed by atoms with Crippen molar-refractivity contribution in [3.8, 4) is 50.8 Å². The summed E-state index contributed by atoms with van der Waals surface area (Å²) in [6.07, 6.45) is 3.71. The molecule has 0 aliphatic carbocycles. The van der Waals surface area contributed by atoms with E-state index in [9.17, 15) is 9.65 Å². The molecule has 3 heterocycles. The number of fused-ring (bicyclic) bond motifs is 3. The van der Waals surface area contributed by atoms with Crippen LogP contribution < -0.4 is 0 Å². The van der Waals surface area contributed by atoms with Crippen LogP contribution in [0.3, 0.4) is 0 Å². The van der Waals surface area contributed by atoms with Crippen LogP contribution in [0, 0.1) is 29.3 Å². The molecule has 299 valence electrons. The van der Waals surface area contributed by atoms with Crippen LogP contribution in [0.4, 0.5) is 4.39 Å². The molecule has 0 amide bonds. The fourth-order valence-corrected chi connectivity index (χ4v) is 7.11. The first-order valence-electron chi connectivity index (χ1n) is 19.6. The van der Waals surface area contributed by atoms with Crippen LogP contribution in [-0.2, 0) is 36.4 Å². The first kappa shape index (κ1) is 42.9. The van der Waals surface area contributed by atoms with Gasteiger partial charge >= 0.3 is 0 Å². The van der Waals surface area contributed by atoms with Crippen LogP contribution in [0.1, 0.15) is 84.6 Å². The predicted molar refractivity (Wildman–Crippen MR) is 236 cm³/mol. The molecule has 0 saturated heterocycles. The van der Waals surface area contributed by atoms with E-state index in [2.05, 4.69) is 134 Å². The van der Waals surface area contributed by atoms with Crippen LogP contribution in [0.25, 0.3) is 66.7 Å². The average molecular weight is 954 g/mol. The van der Waals surface area contributed by atoms with Crippen molar-refractivity contribution in [1.29, 1.82) is 5.26 Å². The molecule has 0 aliphatic rings. The first-order valence-corrected chi connectivity index (χ1v) is 19.6. The van der Waals surface area contributed by atoms with E-state index in [0.717, 1.165) is 61.1 Å². The Kier molecular flexibility index (Phi) is 12.2. The van der Waals surface area contributed by atoms with Crippen LogP contribution >= 0.6 is 0 Å². The van der Waals surface area contributed by atoms with E-state index < -0.39 is 0 Å². The second-order valence-electron chi connectivity index (χ2n) is 17.8. The Bertz CT molecular complexity index is 2760. The Morgan fingerprint density at radius 3 is 1.92 bits per heavy atom. The van der Waals surface area contributed by atoms with Gasteiger partial charge in [-0.25, -0.2) is 0 Å². The Morgan fingerprint density at radius 2 is 1.32 bits per heavy atom. The van der Waals surface area contributed by atoms with Gasteiger partial charge in [0, 0.05) is 49.3 Å². The molecule has 8 rings (SSSR count). The van der Waals surface area contributed by atoms with Crippen LogP contribution in [0.2, 0.25) is 0 Å². The molecular formula is C53H48FIrN3O-2. The Balaban J connectivity index is 0.000000273. The van der Waals surface area contributed by atoms with Gasteiger partial charge in [0.15, 0.2) is 0 Å². The number of halogens is 1. The van der Waals surface area contributed by atoms with Crippen LogP contribution in [0.15, 0.2) is 132 Å². The zero-order valence-electron chi connectivity index (χ0n) is 35.1. The van der Waals surface area contributed by atoms with Gasteiger partial charge in [-0.1, -0.05) is 158 Å². The monoisotopic (exact) mass is 954 g/mol. The molecule has 0 unspecified atom stereocenters. The van der Waals surface area contributed by atoms with E-state index in [-0.39, 0.29) is 42.2 Å². The fourth-order valence-electron chi connectivity index (χ4n) is 7.11. The molecule has 0 fully saturated rings. The van der Waals surface area contributed by atoms with Crippen molar-refractivity contribution in [2.24, 2.45) is 0 Å². The normalized spacial score (nSPS) is 11.7. The number of hydrogen-bond acceptors (Lipinski definition) is 4. The number of aromatic nitrogens is 2. The third kappa shape index (κ3) is 9.13. The van der Waals surface area contributed by atoms with Gasteiger partial charge < -0.3 is 14.4 Å².